The van der Waals surface area contributed by atoms with E-state index in [1.54, 1.807) is 18.2 Å². The summed E-state index contributed by atoms with van der Waals surface area (Å²) in [7, 11) is 0. The minimum absolute atomic E-state index is 0.0687. The highest BCUT2D eigenvalue weighted by Crippen LogP contribution is 2.37. The van der Waals surface area contributed by atoms with E-state index in [4.69, 9.17) is 20.5 Å². The van der Waals surface area contributed by atoms with Crippen LogP contribution in [0.3, 0.4) is 0 Å². The number of para-hydroxylation sites is 1. The fourth-order valence-corrected chi connectivity index (χ4v) is 4.24. The molecule has 2 heterocycles. The molecule has 4 aromatic rings. The Kier molecular flexibility index (Phi) is 3.76. The Bertz CT molecular complexity index is 1320. The molecule has 2 aromatic heterocycles. The molecule has 3 N–H and O–H groups in total. The van der Waals surface area contributed by atoms with Crippen LogP contribution in [0, 0.1) is 5.41 Å². The Labute approximate surface area is 161 Å². The molecule has 5 rings (SSSR count). The van der Waals surface area contributed by atoms with Crippen molar-refractivity contribution >= 4 is 33.8 Å². The van der Waals surface area contributed by atoms with Gasteiger partial charge in [0, 0.05) is 28.9 Å². The van der Waals surface area contributed by atoms with Crippen LogP contribution in [-0.2, 0) is 12.8 Å². The van der Waals surface area contributed by atoms with Crippen molar-refractivity contribution in [2.45, 2.75) is 25.7 Å². The number of nitrogens with two attached hydrogens (primary N) is 1. The van der Waals surface area contributed by atoms with Crippen molar-refractivity contribution in [2.24, 2.45) is 0 Å². The van der Waals surface area contributed by atoms with E-state index in [1.807, 2.05) is 24.3 Å². The van der Waals surface area contributed by atoms with Crippen molar-refractivity contribution in [3.8, 4) is 11.5 Å². The maximum absolute atomic E-state index is 12.6. The lowest BCUT2D eigenvalue weighted by Crippen LogP contribution is -2.10. The summed E-state index contributed by atoms with van der Waals surface area (Å²) in [6, 6.07) is 12.5. The summed E-state index contributed by atoms with van der Waals surface area (Å²) in [6.45, 7) is 0. The van der Waals surface area contributed by atoms with E-state index in [1.165, 1.54) is 11.8 Å². The SMILES string of the molecule is N=Cc1c(N)ccc2nc(-c3cc(=O)c4ccccc4o3)c3c(c12)CCCC3. The fourth-order valence-electron chi connectivity index (χ4n) is 4.24. The summed E-state index contributed by atoms with van der Waals surface area (Å²) in [5.74, 6) is 0.497. The highest BCUT2D eigenvalue weighted by Gasteiger charge is 2.23. The van der Waals surface area contributed by atoms with Crippen molar-refractivity contribution in [1.29, 1.82) is 5.41 Å². The van der Waals surface area contributed by atoms with Gasteiger partial charge in [-0.15, -0.1) is 0 Å². The summed E-state index contributed by atoms with van der Waals surface area (Å²) in [5.41, 5.74) is 11.7. The number of fused-ring (bicyclic) bond motifs is 4. The maximum Gasteiger partial charge on any atom is 0.193 e. The fraction of sp³-hybridized carbons (Fsp3) is 0.174. The number of aryl methyl sites for hydroxylation is 1. The summed E-state index contributed by atoms with van der Waals surface area (Å²) < 4.78 is 6.09. The van der Waals surface area contributed by atoms with Crippen LogP contribution in [0.1, 0.15) is 29.5 Å². The van der Waals surface area contributed by atoms with E-state index < -0.39 is 0 Å². The molecule has 0 aliphatic heterocycles. The van der Waals surface area contributed by atoms with Gasteiger partial charge in [0.05, 0.1) is 10.9 Å². The molecule has 5 nitrogen and oxygen atoms in total. The van der Waals surface area contributed by atoms with E-state index in [9.17, 15) is 4.79 Å². The Hall–Kier alpha value is -3.47. The molecule has 138 valence electrons. The van der Waals surface area contributed by atoms with Gasteiger partial charge >= 0.3 is 0 Å². The number of hydrogen-bond acceptors (Lipinski definition) is 5. The number of nitrogen functional groups attached to an aromatic ring is 1. The lowest BCUT2D eigenvalue weighted by atomic mass is 9.85. The molecule has 1 aliphatic rings. The molecule has 2 aromatic carbocycles. The highest BCUT2D eigenvalue weighted by molar-refractivity contribution is 6.05. The molecule has 0 radical (unpaired) electrons. The third-order valence-electron chi connectivity index (χ3n) is 5.56. The molecule has 0 atom stereocenters. The van der Waals surface area contributed by atoms with Gasteiger partial charge < -0.3 is 15.6 Å². The standard InChI is InChI=1S/C23H19N3O2/c24-12-16-17(25)9-10-18-22(16)13-5-1-2-6-14(13)23(26-18)21-11-19(27)15-7-3-4-8-20(15)28-21/h3-4,7-12,24H,1-2,5-6,25H2. The molecule has 0 saturated carbocycles. The topological polar surface area (TPSA) is 93.0 Å². The van der Waals surface area contributed by atoms with Crippen molar-refractivity contribution in [1.82, 2.24) is 4.98 Å². The number of benzene rings is 2. The van der Waals surface area contributed by atoms with Crippen molar-refractivity contribution in [3.63, 3.8) is 0 Å². The molecule has 0 amide bonds. The second-order valence-corrected chi connectivity index (χ2v) is 7.20. The molecular weight excluding hydrogens is 350 g/mol. The van der Waals surface area contributed by atoms with Crippen LogP contribution >= 0.6 is 0 Å². The Morgan fingerprint density at radius 3 is 2.68 bits per heavy atom. The predicted octanol–water partition coefficient (Wildman–Crippen LogP) is 4.47. The smallest absolute Gasteiger partial charge is 0.193 e. The Morgan fingerprint density at radius 2 is 1.86 bits per heavy atom. The average molecular weight is 369 g/mol. The lowest BCUT2D eigenvalue weighted by molar-refractivity contribution is 0.611. The van der Waals surface area contributed by atoms with Gasteiger partial charge in [-0.25, -0.2) is 4.98 Å². The molecule has 5 heteroatoms. The maximum atomic E-state index is 12.6. The van der Waals surface area contributed by atoms with Gasteiger partial charge in [-0.05, 0) is 61.1 Å². The van der Waals surface area contributed by atoms with E-state index >= 15 is 0 Å². The summed E-state index contributed by atoms with van der Waals surface area (Å²) >= 11 is 0. The van der Waals surface area contributed by atoms with E-state index in [2.05, 4.69) is 0 Å². The molecule has 0 unspecified atom stereocenters. The predicted molar refractivity (Wildman–Crippen MR) is 112 cm³/mol. The number of anilines is 1. The molecule has 1 aliphatic carbocycles. The number of nitrogens with zero attached hydrogens (tertiary/aromatic N) is 1. The lowest BCUT2D eigenvalue weighted by Gasteiger charge is -2.22. The van der Waals surface area contributed by atoms with Crippen LogP contribution < -0.4 is 11.2 Å². The minimum atomic E-state index is -0.0687. The molecule has 28 heavy (non-hydrogen) atoms. The van der Waals surface area contributed by atoms with Crippen LogP contribution in [0.25, 0.3) is 33.3 Å². The van der Waals surface area contributed by atoms with Crippen LogP contribution in [0.4, 0.5) is 5.69 Å². The van der Waals surface area contributed by atoms with Gasteiger partial charge in [0.1, 0.15) is 11.3 Å². The van der Waals surface area contributed by atoms with Gasteiger partial charge in [0.25, 0.3) is 0 Å². The monoisotopic (exact) mass is 369 g/mol. The first-order chi connectivity index (χ1) is 13.7. The first kappa shape index (κ1) is 16.7. The number of hydrogen-bond donors (Lipinski definition) is 2. The molecule has 0 fully saturated rings. The second-order valence-electron chi connectivity index (χ2n) is 7.20. The molecule has 0 saturated heterocycles. The largest absolute Gasteiger partial charge is 0.454 e. The van der Waals surface area contributed by atoms with Gasteiger partial charge in [0.2, 0.25) is 0 Å². The van der Waals surface area contributed by atoms with Crippen molar-refractivity contribution in [3.05, 3.63) is 69.4 Å². The van der Waals surface area contributed by atoms with Gasteiger partial charge in [0.15, 0.2) is 11.2 Å². The molecular formula is C23H19N3O2. The minimum Gasteiger partial charge on any atom is -0.454 e. The quantitative estimate of drug-likeness (QED) is 0.403. The number of pyridine rings is 1. The van der Waals surface area contributed by atoms with Crippen LogP contribution in [0.15, 0.2) is 51.7 Å². The van der Waals surface area contributed by atoms with E-state index in [0.29, 0.717) is 22.4 Å². The number of rotatable bonds is 2. The van der Waals surface area contributed by atoms with Crippen LogP contribution in [0.5, 0.6) is 0 Å². The van der Waals surface area contributed by atoms with E-state index in [0.717, 1.165) is 53.4 Å². The first-order valence-electron chi connectivity index (χ1n) is 9.45. The number of nitrogens with one attached hydrogen (secondary N) is 1. The Balaban J connectivity index is 1.88. The summed E-state index contributed by atoms with van der Waals surface area (Å²) in [4.78, 5) is 17.5. The van der Waals surface area contributed by atoms with Crippen molar-refractivity contribution < 1.29 is 4.42 Å². The Morgan fingerprint density at radius 1 is 1.07 bits per heavy atom. The normalized spacial score (nSPS) is 13.6. The summed E-state index contributed by atoms with van der Waals surface area (Å²) in [5, 5.41) is 9.35. The van der Waals surface area contributed by atoms with Crippen LogP contribution in [0.2, 0.25) is 0 Å². The van der Waals surface area contributed by atoms with Crippen LogP contribution in [-0.4, -0.2) is 11.2 Å². The second kappa shape index (κ2) is 6.30. The molecule has 0 bridgehead atoms. The highest BCUT2D eigenvalue weighted by atomic mass is 16.3. The van der Waals surface area contributed by atoms with E-state index in [-0.39, 0.29) is 5.43 Å². The third kappa shape index (κ3) is 2.43. The summed E-state index contributed by atoms with van der Waals surface area (Å²) in [6.07, 6.45) is 5.23. The zero-order chi connectivity index (χ0) is 19.3. The van der Waals surface area contributed by atoms with Crippen molar-refractivity contribution in [2.75, 3.05) is 5.73 Å². The zero-order valence-corrected chi connectivity index (χ0v) is 15.3. The van der Waals surface area contributed by atoms with Gasteiger partial charge in [-0.1, -0.05) is 12.1 Å². The first-order valence-corrected chi connectivity index (χ1v) is 9.45. The third-order valence-corrected chi connectivity index (χ3v) is 5.56. The molecule has 0 spiro atoms. The van der Waals surface area contributed by atoms with Gasteiger partial charge in [-0.3, -0.25) is 4.79 Å². The number of aromatic nitrogens is 1. The van der Waals surface area contributed by atoms with Gasteiger partial charge in [-0.2, -0.15) is 0 Å². The zero-order valence-electron chi connectivity index (χ0n) is 15.3. The average Bonchev–Trinajstić information content (AvgIpc) is 2.73.